The number of alkyl halides is 3. The highest BCUT2D eigenvalue weighted by Crippen LogP contribution is 2.32. The Hall–Kier alpha value is -2.35. The minimum absolute atomic E-state index is 0.114. The van der Waals surface area contributed by atoms with E-state index in [1.54, 1.807) is 55.9 Å². The molecule has 148 valence electrons. The van der Waals surface area contributed by atoms with Gasteiger partial charge in [0.1, 0.15) is 0 Å². The Balaban J connectivity index is 2.10. The van der Waals surface area contributed by atoms with E-state index in [9.17, 15) is 18.0 Å². The van der Waals surface area contributed by atoms with Crippen LogP contribution in [0.5, 0.6) is 0 Å². The zero-order valence-corrected chi connectivity index (χ0v) is 15.9. The molecule has 1 aromatic heterocycles. The Kier molecular flexibility index (Phi) is 6.30. The fourth-order valence-corrected chi connectivity index (χ4v) is 2.95. The summed E-state index contributed by atoms with van der Waals surface area (Å²) in [5.41, 5.74) is 1.85. The van der Waals surface area contributed by atoms with Crippen molar-refractivity contribution in [1.82, 2.24) is 15.1 Å². The lowest BCUT2D eigenvalue weighted by molar-refractivity contribution is -0.139. The summed E-state index contributed by atoms with van der Waals surface area (Å²) in [7, 11) is 1.78. The maximum atomic E-state index is 12.8. The third-order valence-corrected chi connectivity index (χ3v) is 4.73. The normalized spacial score (nSPS) is 14.0. The van der Waals surface area contributed by atoms with Crippen molar-refractivity contribution < 1.29 is 18.0 Å². The minimum Gasteiger partial charge on any atom is -0.322 e. The van der Waals surface area contributed by atoms with Gasteiger partial charge in [-0.2, -0.15) is 18.3 Å². The molecule has 1 unspecified atom stereocenters. The van der Waals surface area contributed by atoms with Crippen molar-refractivity contribution in [2.45, 2.75) is 45.3 Å². The third kappa shape index (κ3) is 5.56. The second kappa shape index (κ2) is 8.12. The molecule has 1 heterocycles. The molecule has 0 aliphatic rings. The number of hydrogen-bond acceptors (Lipinski definition) is 3. The van der Waals surface area contributed by atoms with E-state index in [1.807, 2.05) is 6.92 Å². The number of benzene rings is 1. The van der Waals surface area contributed by atoms with Crippen LogP contribution in [-0.4, -0.2) is 28.4 Å². The molecular formula is C19H25F3N4O. The van der Waals surface area contributed by atoms with Crippen LogP contribution >= 0.6 is 0 Å². The number of halogens is 3. The second-order valence-corrected chi connectivity index (χ2v) is 6.88. The van der Waals surface area contributed by atoms with Gasteiger partial charge in [0.25, 0.3) is 0 Å². The van der Waals surface area contributed by atoms with Gasteiger partial charge in [0, 0.05) is 19.0 Å². The van der Waals surface area contributed by atoms with E-state index < -0.39 is 18.1 Å². The van der Waals surface area contributed by atoms with Gasteiger partial charge >= 0.3 is 6.18 Å². The van der Waals surface area contributed by atoms with E-state index in [2.05, 4.69) is 15.7 Å². The molecule has 0 aliphatic heterocycles. The van der Waals surface area contributed by atoms with Crippen molar-refractivity contribution in [1.29, 1.82) is 0 Å². The zero-order chi connectivity index (χ0) is 20.2. The number of nitrogens with zero attached hydrogens (tertiary/aromatic N) is 2. The molecule has 0 aliphatic carbocycles. The highest BCUT2D eigenvalue weighted by Gasteiger charge is 2.34. The van der Waals surface area contributed by atoms with Crippen molar-refractivity contribution in [3.63, 3.8) is 0 Å². The molecule has 2 rings (SSSR count). The summed E-state index contributed by atoms with van der Waals surface area (Å²) in [6.07, 6.45) is -5.36. The molecule has 8 heteroatoms. The molecule has 0 saturated heterocycles. The van der Waals surface area contributed by atoms with Crippen LogP contribution in [0.25, 0.3) is 0 Å². The van der Waals surface area contributed by atoms with Crippen LogP contribution in [-0.2, 0) is 17.4 Å². The summed E-state index contributed by atoms with van der Waals surface area (Å²) in [5.74, 6) is -0.330. The molecule has 1 amide bonds. The Labute approximate surface area is 157 Å². The fraction of sp³-hybridized carbons (Fsp3) is 0.474. The molecule has 0 saturated carbocycles. The summed E-state index contributed by atoms with van der Waals surface area (Å²) >= 11 is 0. The molecule has 2 aromatic rings. The second-order valence-electron chi connectivity index (χ2n) is 6.88. The van der Waals surface area contributed by atoms with Gasteiger partial charge in [-0.05, 0) is 32.8 Å². The largest absolute Gasteiger partial charge is 0.389 e. The summed E-state index contributed by atoms with van der Waals surface area (Å²) < 4.78 is 40.0. The van der Waals surface area contributed by atoms with Gasteiger partial charge in [-0.1, -0.05) is 30.3 Å². The Morgan fingerprint density at radius 3 is 2.30 bits per heavy atom. The summed E-state index contributed by atoms with van der Waals surface area (Å²) in [6.45, 7) is 5.19. The molecule has 1 atom stereocenters. The van der Waals surface area contributed by atoms with E-state index in [-0.39, 0.29) is 18.9 Å². The molecule has 0 bridgehead atoms. The zero-order valence-electron chi connectivity index (χ0n) is 15.9. The Bertz CT molecular complexity index is 786. The first kappa shape index (κ1) is 21.0. The number of carbonyl (C=O) groups excluding carboxylic acids is 1. The van der Waals surface area contributed by atoms with Crippen LogP contribution in [0.3, 0.4) is 0 Å². The number of anilines is 1. The van der Waals surface area contributed by atoms with Crippen molar-refractivity contribution in [2.75, 3.05) is 11.9 Å². The highest BCUT2D eigenvalue weighted by molar-refractivity contribution is 5.93. The maximum absolute atomic E-state index is 12.8. The maximum Gasteiger partial charge on any atom is 0.389 e. The SMILES string of the molecule is Cc1nn(C)c(C)c1NC(=O)CNC(C)(CCC(F)(F)F)c1ccccc1. The van der Waals surface area contributed by atoms with Gasteiger partial charge in [0.15, 0.2) is 0 Å². The molecule has 27 heavy (non-hydrogen) atoms. The van der Waals surface area contributed by atoms with Gasteiger partial charge in [0.05, 0.1) is 23.6 Å². The molecule has 0 fully saturated rings. The smallest absolute Gasteiger partial charge is 0.322 e. The fourth-order valence-electron chi connectivity index (χ4n) is 2.95. The van der Waals surface area contributed by atoms with E-state index in [4.69, 9.17) is 0 Å². The third-order valence-electron chi connectivity index (χ3n) is 4.73. The lowest BCUT2D eigenvalue weighted by atomic mass is 9.87. The van der Waals surface area contributed by atoms with Crippen molar-refractivity contribution in [2.24, 2.45) is 7.05 Å². The molecule has 0 radical (unpaired) electrons. The van der Waals surface area contributed by atoms with Crippen LogP contribution in [0.4, 0.5) is 18.9 Å². The number of carbonyl (C=O) groups is 1. The van der Waals surface area contributed by atoms with Crippen molar-refractivity contribution in [3.8, 4) is 0 Å². The molecule has 0 spiro atoms. The minimum atomic E-state index is -4.26. The molecule has 5 nitrogen and oxygen atoms in total. The summed E-state index contributed by atoms with van der Waals surface area (Å²) in [4.78, 5) is 12.4. The highest BCUT2D eigenvalue weighted by atomic mass is 19.4. The summed E-state index contributed by atoms with van der Waals surface area (Å²) in [5, 5.41) is 10.0. The van der Waals surface area contributed by atoms with Crippen LogP contribution in [0.1, 0.15) is 36.7 Å². The van der Waals surface area contributed by atoms with E-state index in [0.717, 1.165) is 5.69 Å². The first-order valence-electron chi connectivity index (χ1n) is 8.69. The summed E-state index contributed by atoms with van der Waals surface area (Å²) in [6, 6.07) is 8.86. The van der Waals surface area contributed by atoms with E-state index in [0.29, 0.717) is 16.9 Å². The van der Waals surface area contributed by atoms with Gasteiger partial charge in [-0.3, -0.25) is 14.8 Å². The molecule has 1 aromatic carbocycles. The molecular weight excluding hydrogens is 357 g/mol. The number of amides is 1. The number of nitrogens with one attached hydrogen (secondary N) is 2. The number of aromatic nitrogens is 2. The van der Waals surface area contributed by atoms with Crippen LogP contribution < -0.4 is 10.6 Å². The first-order chi connectivity index (χ1) is 12.5. The van der Waals surface area contributed by atoms with Gasteiger partial charge in [-0.25, -0.2) is 0 Å². The van der Waals surface area contributed by atoms with Crippen molar-refractivity contribution in [3.05, 3.63) is 47.3 Å². The van der Waals surface area contributed by atoms with Gasteiger partial charge in [-0.15, -0.1) is 0 Å². The van der Waals surface area contributed by atoms with Crippen LogP contribution in [0.2, 0.25) is 0 Å². The predicted octanol–water partition coefficient (Wildman–Crippen LogP) is 3.82. The predicted molar refractivity (Wildman–Crippen MR) is 98.4 cm³/mol. The van der Waals surface area contributed by atoms with E-state index in [1.165, 1.54) is 0 Å². The van der Waals surface area contributed by atoms with Gasteiger partial charge < -0.3 is 5.32 Å². The van der Waals surface area contributed by atoms with Crippen LogP contribution in [0.15, 0.2) is 30.3 Å². The quantitative estimate of drug-likeness (QED) is 0.765. The Morgan fingerprint density at radius 1 is 1.15 bits per heavy atom. The standard InChI is InChI=1S/C19H25F3N4O/c1-13-17(14(2)26(4)25-13)24-16(27)12-23-18(3,10-11-19(20,21)22)15-8-6-5-7-9-15/h5-9,23H,10-12H2,1-4H3,(H,24,27). The van der Waals surface area contributed by atoms with Crippen LogP contribution in [0, 0.1) is 13.8 Å². The monoisotopic (exact) mass is 382 g/mol. The number of hydrogen-bond donors (Lipinski definition) is 2. The number of aryl methyl sites for hydroxylation is 2. The lowest BCUT2D eigenvalue weighted by Gasteiger charge is -2.32. The number of rotatable bonds is 7. The van der Waals surface area contributed by atoms with Gasteiger partial charge in [0.2, 0.25) is 5.91 Å². The topological polar surface area (TPSA) is 59.0 Å². The average Bonchev–Trinajstić information content (AvgIpc) is 2.84. The van der Waals surface area contributed by atoms with Crippen molar-refractivity contribution >= 4 is 11.6 Å². The molecule has 2 N–H and O–H groups in total. The average molecular weight is 382 g/mol. The Morgan fingerprint density at radius 2 is 1.78 bits per heavy atom. The van der Waals surface area contributed by atoms with E-state index >= 15 is 0 Å². The first-order valence-corrected chi connectivity index (χ1v) is 8.69. The lowest BCUT2D eigenvalue weighted by Crippen LogP contribution is -2.44.